The summed E-state index contributed by atoms with van der Waals surface area (Å²) in [5.41, 5.74) is 1.10. The van der Waals surface area contributed by atoms with Crippen LogP contribution in [0.15, 0.2) is 36.4 Å². The Bertz CT molecular complexity index is 977. The molecule has 2 atom stereocenters. The largest absolute Gasteiger partial charge is 0.457 e. The maximum atomic E-state index is 12.9. The van der Waals surface area contributed by atoms with E-state index in [9.17, 15) is 22.8 Å². The van der Waals surface area contributed by atoms with Crippen LogP contribution in [0.1, 0.15) is 30.0 Å². The number of fused-ring (bicyclic) bond motifs is 2. The molecule has 0 spiro atoms. The summed E-state index contributed by atoms with van der Waals surface area (Å²) in [4.78, 5) is 25.1. The van der Waals surface area contributed by atoms with E-state index in [2.05, 4.69) is 5.32 Å². The van der Waals surface area contributed by atoms with Crippen molar-refractivity contribution in [2.75, 3.05) is 0 Å². The Morgan fingerprint density at radius 1 is 1.03 bits per heavy atom. The SMILES string of the molecule is O=C(NC1c2cc(Cl)ccc2Oc2ccc(Cl)cc21)C1CCC(C(F)(F)F)NC1=O. The van der Waals surface area contributed by atoms with Crippen LogP contribution in [0.5, 0.6) is 11.5 Å². The van der Waals surface area contributed by atoms with Crippen LogP contribution in [-0.2, 0) is 9.59 Å². The van der Waals surface area contributed by atoms with Gasteiger partial charge < -0.3 is 15.4 Å². The van der Waals surface area contributed by atoms with Gasteiger partial charge >= 0.3 is 6.18 Å². The van der Waals surface area contributed by atoms with Crippen LogP contribution in [0.25, 0.3) is 0 Å². The van der Waals surface area contributed by atoms with Crippen molar-refractivity contribution in [1.82, 2.24) is 10.6 Å². The van der Waals surface area contributed by atoms with Gasteiger partial charge in [-0.1, -0.05) is 23.2 Å². The molecule has 0 bridgehead atoms. The van der Waals surface area contributed by atoms with E-state index in [0.717, 1.165) is 0 Å². The number of alkyl halides is 3. The summed E-state index contributed by atoms with van der Waals surface area (Å²) in [7, 11) is 0. The van der Waals surface area contributed by atoms with Gasteiger partial charge in [-0.2, -0.15) is 13.2 Å². The molecule has 0 saturated carbocycles. The number of benzene rings is 2. The Morgan fingerprint density at radius 2 is 1.60 bits per heavy atom. The molecule has 1 saturated heterocycles. The summed E-state index contributed by atoms with van der Waals surface area (Å²) in [6, 6.07) is 7.11. The summed E-state index contributed by atoms with van der Waals surface area (Å²) in [6.45, 7) is 0. The highest BCUT2D eigenvalue weighted by Gasteiger charge is 2.46. The number of halogens is 5. The van der Waals surface area contributed by atoms with E-state index >= 15 is 0 Å². The third-order valence-corrected chi connectivity index (χ3v) is 5.63. The number of carbonyl (C=O) groups is 2. The standard InChI is InChI=1S/C20H15Cl2F3N2O3/c21-9-1-4-14-12(7-9)17(13-8-10(22)2-5-15(13)30-14)27-19(29)11-3-6-16(20(23,24)25)26-18(11)28/h1-2,4-5,7-8,11,16-17H,3,6H2,(H,26,28)(H,27,29). The van der Waals surface area contributed by atoms with Crippen LogP contribution in [0, 0.1) is 5.92 Å². The number of hydrogen-bond donors (Lipinski definition) is 2. The minimum Gasteiger partial charge on any atom is -0.457 e. The van der Waals surface area contributed by atoms with E-state index < -0.39 is 36.0 Å². The molecule has 2 aromatic rings. The third kappa shape index (κ3) is 3.94. The molecule has 2 aliphatic heterocycles. The van der Waals surface area contributed by atoms with E-state index in [1.165, 1.54) is 0 Å². The Hall–Kier alpha value is -2.45. The molecular weight excluding hydrogens is 444 g/mol. The number of nitrogens with one attached hydrogen (secondary N) is 2. The van der Waals surface area contributed by atoms with Gasteiger partial charge in [0.15, 0.2) is 0 Å². The predicted octanol–water partition coefficient (Wildman–Crippen LogP) is 4.76. The lowest BCUT2D eigenvalue weighted by Crippen LogP contribution is -2.54. The molecule has 158 valence electrons. The van der Waals surface area contributed by atoms with Crippen molar-refractivity contribution in [3.63, 3.8) is 0 Å². The minimum absolute atomic E-state index is 0.212. The van der Waals surface area contributed by atoms with Gasteiger partial charge in [0, 0.05) is 21.2 Å². The fraction of sp³-hybridized carbons (Fsp3) is 0.300. The lowest BCUT2D eigenvalue weighted by molar-refractivity contribution is -0.171. The van der Waals surface area contributed by atoms with Gasteiger partial charge in [-0.3, -0.25) is 9.59 Å². The zero-order valence-electron chi connectivity index (χ0n) is 15.2. The topological polar surface area (TPSA) is 67.4 Å². The Kier molecular flexibility index (Phi) is 5.32. The molecule has 0 radical (unpaired) electrons. The van der Waals surface area contributed by atoms with Crippen LogP contribution >= 0.6 is 23.2 Å². The quantitative estimate of drug-likeness (QED) is 0.637. The molecule has 2 aliphatic rings. The van der Waals surface area contributed by atoms with Gasteiger partial charge in [-0.25, -0.2) is 0 Å². The van der Waals surface area contributed by atoms with E-state index in [-0.39, 0.29) is 12.8 Å². The first-order chi connectivity index (χ1) is 14.1. The zero-order chi connectivity index (χ0) is 21.6. The maximum absolute atomic E-state index is 12.9. The molecule has 2 heterocycles. The first-order valence-electron chi connectivity index (χ1n) is 9.07. The molecule has 0 aromatic heterocycles. The minimum atomic E-state index is -4.55. The zero-order valence-corrected chi connectivity index (χ0v) is 16.7. The monoisotopic (exact) mass is 458 g/mol. The molecule has 1 fully saturated rings. The van der Waals surface area contributed by atoms with Crippen molar-refractivity contribution in [3.8, 4) is 11.5 Å². The van der Waals surface area contributed by atoms with Crippen molar-refractivity contribution < 1.29 is 27.5 Å². The lowest BCUT2D eigenvalue weighted by Gasteiger charge is -2.33. The van der Waals surface area contributed by atoms with Gasteiger partial charge in [0.25, 0.3) is 0 Å². The van der Waals surface area contributed by atoms with Crippen LogP contribution in [0.4, 0.5) is 13.2 Å². The fourth-order valence-corrected chi connectivity index (χ4v) is 4.03. The molecule has 10 heteroatoms. The van der Waals surface area contributed by atoms with Crippen molar-refractivity contribution in [1.29, 1.82) is 0 Å². The summed E-state index contributed by atoms with van der Waals surface area (Å²) >= 11 is 12.2. The van der Waals surface area contributed by atoms with Gasteiger partial charge in [0.1, 0.15) is 23.5 Å². The molecule has 5 nitrogen and oxygen atoms in total. The molecule has 4 rings (SSSR count). The number of rotatable bonds is 2. The average molecular weight is 459 g/mol. The summed E-state index contributed by atoms with van der Waals surface area (Å²) in [5, 5.41) is 5.47. The van der Waals surface area contributed by atoms with Crippen molar-refractivity contribution >= 4 is 35.0 Å². The number of carbonyl (C=O) groups excluding carboxylic acids is 2. The number of ether oxygens (including phenoxy) is 1. The van der Waals surface area contributed by atoms with E-state index in [0.29, 0.717) is 32.7 Å². The predicted molar refractivity (Wildman–Crippen MR) is 104 cm³/mol. The van der Waals surface area contributed by atoms with Gasteiger partial charge in [0.05, 0.1) is 6.04 Å². The maximum Gasteiger partial charge on any atom is 0.408 e. The third-order valence-electron chi connectivity index (χ3n) is 5.16. The second-order valence-electron chi connectivity index (χ2n) is 7.14. The smallest absolute Gasteiger partial charge is 0.408 e. The summed E-state index contributed by atoms with van der Waals surface area (Å²) in [5.74, 6) is -1.95. The van der Waals surface area contributed by atoms with Crippen LogP contribution in [-0.4, -0.2) is 24.0 Å². The Balaban J connectivity index is 1.62. The van der Waals surface area contributed by atoms with E-state index in [1.807, 2.05) is 5.32 Å². The second-order valence-corrected chi connectivity index (χ2v) is 8.01. The van der Waals surface area contributed by atoms with Crippen molar-refractivity contribution in [3.05, 3.63) is 57.6 Å². The second kappa shape index (κ2) is 7.67. The van der Waals surface area contributed by atoms with E-state index in [4.69, 9.17) is 27.9 Å². The lowest BCUT2D eigenvalue weighted by atomic mass is 9.90. The normalized spacial score (nSPS) is 21.2. The van der Waals surface area contributed by atoms with Crippen molar-refractivity contribution in [2.24, 2.45) is 5.92 Å². The molecule has 2 amide bonds. The average Bonchev–Trinajstić information content (AvgIpc) is 2.67. The first kappa shape index (κ1) is 20.8. The van der Waals surface area contributed by atoms with Gasteiger partial charge in [-0.05, 0) is 49.2 Å². The van der Waals surface area contributed by atoms with Crippen LogP contribution < -0.4 is 15.4 Å². The van der Waals surface area contributed by atoms with Crippen molar-refractivity contribution in [2.45, 2.75) is 31.1 Å². The molecule has 2 unspecified atom stereocenters. The Labute approximate surface area is 179 Å². The highest BCUT2D eigenvalue weighted by atomic mass is 35.5. The van der Waals surface area contributed by atoms with Crippen LogP contribution in [0.2, 0.25) is 10.0 Å². The Morgan fingerprint density at radius 3 is 2.10 bits per heavy atom. The highest BCUT2D eigenvalue weighted by Crippen LogP contribution is 2.44. The number of hydrogen-bond acceptors (Lipinski definition) is 3. The molecule has 2 N–H and O–H groups in total. The molecule has 30 heavy (non-hydrogen) atoms. The molecule has 0 aliphatic carbocycles. The summed E-state index contributed by atoms with van der Waals surface area (Å²) < 4.78 is 44.4. The number of amides is 2. The van der Waals surface area contributed by atoms with Crippen LogP contribution in [0.3, 0.4) is 0 Å². The first-order valence-corrected chi connectivity index (χ1v) is 9.83. The highest BCUT2D eigenvalue weighted by molar-refractivity contribution is 6.31. The van der Waals surface area contributed by atoms with Gasteiger partial charge in [0.2, 0.25) is 11.8 Å². The molecular formula is C20H15Cl2F3N2O3. The number of piperidine rings is 1. The summed E-state index contributed by atoms with van der Waals surface area (Å²) in [6.07, 6.45) is -5.13. The molecule has 2 aromatic carbocycles. The van der Waals surface area contributed by atoms with Gasteiger partial charge in [-0.15, -0.1) is 0 Å². The van der Waals surface area contributed by atoms with E-state index in [1.54, 1.807) is 36.4 Å². The fourth-order valence-electron chi connectivity index (χ4n) is 3.66.